The minimum absolute atomic E-state index is 0.0265. The summed E-state index contributed by atoms with van der Waals surface area (Å²) in [5.74, 6) is -2.21. The molecule has 1 amide bonds. The van der Waals surface area contributed by atoms with Crippen LogP contribution in [0.2, 0.25) is 5.02 Å². The van der Waals surface area contributed by atoms with Gasteiger partial charge < -0.3 is 34.2 Å². The Morgan fingerprint density at radius 2 is 1.91 bits per heavy atom. The van der Waals surface area contributed by atoms with Gasteiger partial charge in [-0.3, -0.25) is 0 Å². The van der Waals surface area contributed by atoms with E-state index in [0.717, 1.165) is 18.6 Å². The predicted octanol–water partition coefficient (Wildman–Crippen LogP) is 3.74. The van der Waals surface area contributed by atoms with Crippen molar-refractivity contribution in [3.8, 4) is 11.3 Å². The number of rotatable bonds is 7. The Bertz CT molecular complexity index is 1360. The minimum atomic E-state index is -1.26. The Balaban J connectivity index is 1.24. The number of methoxy groups -OCH3 is 1. The fourth-order valence-electron chi connectivity index (χ4n) is 6.02. The molecule has 6 atom stereocenters. The van der Waals surface area contributed by atoms with Gasteiger partial charge in [-0.1, -0.05) is 22.0 Å². The quantitative estimate of drug-likeness (QED) is 0.433. The van der Waals surface area contributed by atoms with Crippen LogP contribution in [0.1, 0.15) is 52.5 Å². The van der Waals surface area contributed by atoms with Crippen molar-refractivity contribution in [1.29, 1.82) is 0 Å². The van der Waals surface area contributed by atoms with E-state index in [1.54, 1.807) is 4.90 Å². The molecule has 242 valence electrons. The number of benzene rings is 1. The first-order chi connectivity index (χ1) is 20.9. The molecule has 5 rings (SSSR count). The molecule has 2 fully saturated rings. The molecule has 4 heterocycles. The highest BCUT2D eigenvalue weighted by molar-refractivity contribution is 6.30. The molecule has 12 nitrogen and oxygen atoms in total. The Morgan fingerprint density at radius 3 is 2.57 bits per heavy atom. The third kappa shape index (κ3) is 6.84. The number of halogens is 3. The van der Waals surface area contributed by atoms with Crippen LogP contribution in [-0.4, -0.2) is 105 Å². The summed E-state index contributed by atoms with van der Waals surface area (Å²) >= 11 is 5.68. The zero-order valence-electron chi connectivity index (χ0n) is 25.0. The number of piperidine rings is 1. The number of oxime groups is 1. The summed E-state index contributed by atoms with van der Waals surface area (Å²) in [6, 6.07) is 1.63. The van der Waals surface area contributed by atoms with Crippen LogP contribution in [0, 0.1) is 17.6 Å². The number of hydrogen-bond acceptors (Lipinski definition) is 10. The Kier molecular flexibility index (Phi) is 9.75. The first kappa shape index (κ1) is 32.5. The van der Waals surface area contributed by atoms with Crippen LogP contribution < -0.4 is 0 Å². The summed E-state index contributed by atoms with van der Waals surface area (Å²) in [4.78, 5) is 19.9. The molecule has 2 saturated heterocycles. The molecule has 2 aromatic rings. The zero-order valence-corrected chi connectivity index (χ0v) is 25.8. The highest BCUT2D eigenvalue weighted by Crippen LogP contribution is 2.37. The number of ether oxygens (including phenoxy) is 3. The molecular weight excluding hydrogens is 604 g/mol. The smallest absolute Gasteiger partial charge is 0.410 e. The number of aliphatic hydroxyl groups is 2. The van der Waals surface area contributed by atoms with Gasteiger partial charge in [0.05, 0.1) is 29.6 Å². The molecule has 15 heteroatoms. The average Bonchev–Trinajstić information content (AvgIpc) is 3.66. The van der Waals surface area contributed by atoms with E-state index >= 15 is 0 Å². The maximum atomic E-state index is 14.6. The van der Waals surface area contributed by atoms with E-state index < -0.39 is 54.3 Å². The van der Waals surface area contributed by atoms with Crippen LogP contribution in [0.5, 0.6) is 0 Å². The molecule has 44 heavy (non-hydrogen) atoms. The lowest BCUT2D eigenvalue weighted by Gasteiger charge is -2.44. The van der Waals surface area contributed by atoms with E-state index in [0.29, 0.717) is 25.9 Å². The first-order valence-corrected chi connectivity index (χ1v) is 15.0. The van der Waals surface area contributed by atoms with Gasteiger partial charge in [-0.25, -0.2) is 18.3 Å². The van der Waals surface area contributed by atoms with Crippen molar-refractivity contribution in [2.45, 2.75) is 88.6 Å². The van der Waals surface area contributed by atoms with Crippen LogP contribution in [0.25, 0.3) is 11.3 Å². The molecule has 3 aliphatic heterocycles. The Labute approximate surface area is 258 Å². The van der Waals surface area contributed by atoms with Gasteiger partial charge in [0.1, 0.15) is 41.8 Å². The van der Waals surface area contributed by atoms with Gasteiger partial charge in [0.2, 0.25) is 0 Å². The van der Waals surface area contributed by atoms with Crippen molar-refractivity contribution in [1.82, 2.24) is 19.9 Å². The number of carbonyl (C=O) groups excluding carboxylic acids is 1. The van der Waals surface area contributed by atoms with Crippen LogP contribution >= 0.6 is 11.6 Å². The van der Waals surface area contributed by atoms with Gasteiger partial charge >= 0.3 is 6.09 Å². The van der Waals surface area contributed by atoms with Crippen molar-refractivity contribution < 1.29 is 42.8 Å². The van der Waals surface area contributed by atoms with Crippen molar-refractivity contribution in [3.63, 3.8) is 0 Å². The van der Waals surface area contributed by atoms with E-state index in [1.165, 1.54) is 30.1 Å². The average molecular weight is 642 g/mol. The third-order valence-electron chi connectivity index (χ3n) is 8.23. The molecule has 0 saturated carbocycles. The van der Waals surface area contributed by atoms with Crippen LogP contribution in [0.15, 0.2) is 23.5 Å². The van der Waals surface area contributed by atoms with Gasteiger partial charge in [-0.05, 0) is 45.7 Å². The maximum absolute atomic E-state index is 14.6. The number of carbonyl (C=O) groups is 1. The van der Waals surface area contributed by atoms with Gasteiger partial charge in [0, 0.05) is 44.5 Å². The molecule has 3 aliphatic rings. The summed E-state index contributed by atoms with van der Waals surface area (Å²) in [7, 11) is 1.46. The van der Waals surface area contributed by atoms with Gasteiger partial charge in [0.15, 0.2) is 11.6 Å². The fourth-order valence-corrected chi connectivity index (χ4v) is 6.17. The molecule has 0 spiro atoms. The first-order valence-electron chi connectivity index (χ1n) is 14.6. The van der Waals surface area contributed by atoms with Gasteiger partial charge in [0.25, 0.3) is 0 Å². The molecule has 1 aromatic heterocycles. The van der Waals surface area contributed by atoms with Crippen molar-refractivity contribution in [2.24, 2.45) is 11.1 Å². The topological polar surface area (TPSA) is 141 Å². The number of hydrogen-bond donors (Lipinski definition) is 2. The molecule has 0 unspecified atom stereocenters. The molecular formula is C29H38ClF2N5O7. The van der Waals surface area contributed by atoms with Crippen LogP contribution in [0.4, 0.5) is 13.6 Å². The minimum Gasteiger partial charge on any atom is -0.444 e. The number of nitrogens with zero attached hydrogens (tertiary/aromatic N) is 5. The summed E-state index contributed by atoms with van der Waals surface area (Å²) in [6.45, 7) is 6.16. The lowest BCUT2D eigenvalue weighted by molar-refractivity contribution is -0.219. The Hall–Kier alpha value is -2.91. The summed E-state index contributed by atoms with van der Waals surface area (Å²) < 4.78 is 47.3. The largest absolute Gasteiger partial charge is 0.444 e. The lowest BCUT2D eigenvalue weighted by Crippen LogP contribution is -2.57. The van der Waals surface area contributed by atoms with E-state index in [-0.39, 0.29) is 34.4 Å². The molecule has 0 bridgehead atoms. The summed E-state index contributed by atoms with van der Waals surface area (Å²) in [5.41, 5.74) is 0.237. The van der Waals surface area contributed by atoms with Gasteiger partial charge in [-0.15, -0.1) is 5.10 Å². The SMILES string of the molecule is CO[C@@H]1[C@@H](n2cc(-c3ccc(Cl)c(F)c3F)nn2)[C@@H](O)[C@@H](CO)O[C@@H]1C[C@H]1CC(C2CCN(C(=O)OC(C)(C)C)CC2)=NO1. The van der Waals surface area contributed by atoms with Crippen LogP contribution in [0.3, 0.4) is 0 Å². The second kappa shape index (κ2) is 13.2. The molecule has 2 N–H and O–H groups in total. The second-order valence-electron chi connectivity index (χ2n) is 12.4. The van der Waals surface area contributed by atoms with Crippen molar-refractivity contribution in [2.75, 3.05) is 26.8 Å². The fraction of sp³-hybridized carbons (Fsp3) is 0.655. The van der Waals surface area contributed by atoms with E-state index in [4.69, 9.17) is 30.6 Å². The normalized spacial score (nSPS) is 28.1. The molecule has 1 aromatic carbocycles. The number of amides is 1. The van der Waals surface area contributed by atoms with Gasteiger partial charge in [-0.2, -0.15) is 0 Å². The highest BCUT2D eigenvalue weighted by Gasteiger charge is 2.48. The monoisotopic (exact) mass is 641 g/mol. The Morgan fingerprint density at radius 1 is 1.18 bits per heavy atom. The molecule has 0 radical (unpaired) electrons. The van der Waals surface area contributed by atoms with Crippen LogP contribution in [-0.2, 0) is 19.0 Å². The lowest BCUT2D eigenvalue weighted by atomic mass is 9.86. The van der Waals surface area contributed by atoms with Crippen molar-refractivity contribution >= 4 is 23.4 Å². The summed E-state index contributed by atoms with van der Waals surface area (Å²) in [5, 5.41) is 33.2. The summed E-state index contributed by atoms with van der Waals surface area (Å²) in [6.07, 6.45) is -0.566. The highest BCUT2D eigenvalue weighted by atomic mass is 35.5. The zero-order chi connectivity index (χ0) is 31.8. The maximum Gasteiger partial charge on any atom is 0.410 e. The third-order valence-corrected chi connectivity index (χ3v) is 8.52. The van der Waals surface area contributed by atoms with E-state index in [1.807, 2.05) is 20.8 Å². The number of aromatic nitrogens is 3. The van der Waals surface area contributed by atoms with E-state index in [2.05, 4.69) is 15.5 Å². The van der Waals surface area contributed by atoms with Crippen molar-refractivity contribution in [3.05, 3.63) is 35.0 Å². The predicted molar refractivity (Wildman–Crippen MR) is 154 cm³/mol. The second-order valence-corrected chi connectivity index (χ2v) is 12.8. The number of likely N-dealkylation sites (tertiary alicyclic amines) is 1. The standard InChI is InChI=1S/C29H38ClF2N5O7/c1-29(2,3)43-28(40)36-9-7-15(8-10-36)19-11-16(44-34-19)12-21-27(41-4)25(26(39)22(14-38)42-21)37-13-20(33-35-37)17-5-6-18(30)24(32)23(17)31/h5-6,13,15-16,21-22,25-27,38-39H,7-12,14H2,1-4H3/t16-,21-,22-,25+,26+,27+/m1/s1. The van der Waals surface area contributed by atoms with E-state index in [9.17, 15) is 23.8 Å². The number of aliphatic hydroxyl groups excluding tert-OH is 2. The molecule has 0 aliphatic carbocycles.